The fourth-order valence-electron chi connectivity index (χ4n) is 0.826. The molecule has 4 heteroatoms. The van der Waals surface area contributed by atoms with Gasteiger partial charge in [-0.25, -0.2) is 0 Å². The molecule has 1 aromatic rings. The van der Waals surface area contributed by atoms with Crippen LogP contribution in [0.3, 0.4) is 0 Å². The predicted molar refractivity (Wildman–Crippen MR) is 50.2 cm³/mol. The highest BCUT2D eigenvalue weighted by Crippen LogP contribution is 2.04. The van der Waals surface area contributed by atoms with Crippen LogP contribution in [0, 0.1) is 3.57 Å². The molecule has 2 N–H and O–H groups in total. The van der Waals surface area contributed by atoms with E-state index in [0.29, 0.717) is 6.54 Å². The van der Waals surface area contributed by atoms with Crippen LogP contribution in [0.15, 0.2) is 18.5 Å². The molecule has 0 aromatic carbocycles. The summed E-state index contributed by atoms with van der Waals surface area (Å²) >= 11 is 2.19. The van der Waals surface area contributed by atoms with Gasteiger partial charge in [-0.05, 0) is 28.7 Å². The van der Waals surface area contributed by atoms with E-state index in [-0.39, 0.29) is 6.61 Å². The second-order valence-electron chi connectivity index (χ2n) is 2.36. The Kier molecular flexibility index (Phi) is 3.35. The second kappa shape index (κ2) is 4.08. The molecule has 0 radical (unpaired) electrons. The maximum Gasteiger partial charge on any atom is 0.0949 e. The Labute approximate surface area is 78.8 Å². The van der Waals surface area contributed by atoms with Gasteiger partial charge in [0, 0.05) is 16.0 Å². The van der Waals surface area contributed by atoms with E-state index in [1.165, 1.54) is 0 Å². The lowest BCUT2D eigenvalue weighted by Gasteiger charge is -2.06. The van der Waals surface area contributed by atoms with E-state index >= 15 is 0 Å². The van der Waals surface area contributed by atoms with Crippen LogP contribution in [0.5, 0.6) is 0 Å². The Bertz CT molecular complexity index is 224. The summed E-state index contributed by atoms with van der Waals surface area (Å²) in [7, 11) is 0. The fraction of sp³-hybridized carbons (Fsp3) is 0.429. The van der Waals surface area contributed by atoms with Crippen LogP contribution in [0.25, 0.3) is 0 Å². The average Bonchev–Trinajstić information content (AvgIpc) is 2.35. The SMILES string of the molecule is OCC(O)Cn1ccc(I)c1. The second-order valence-corrected chi connectivity index (χ2v) is 3.61. The van der Waals surface area contributed by atoms with Gasteiger partial charge >= 0.3 is 0 Å². The summed E-state index contributed by atoms with van der Waals surface area (Å²) in [6.07, 6.45) is 3.14. The Balaban J connectivity index is 2.50. The zero-order chi connectivity index (χ0) is 8.27. The van der Waals surface area contributed by atoms with Crippen molar-refractivity contribution in [3.63, 3.8) is 0 Å². The summed E-state index contributed by atoms with van der Waals surface area (Å²) in [5.41, 5.74) is 0. The molecule has 0 aliphatic rings. The molecule has 0 aliphatic carbocycles. The summed E-state index contributed by atoms with van der Waals surface area (Å²) in [6.45, 7) is 0.272. The Hall–Kier alpha value is -0.0700. The minimum absolute atomic E-state index is 0.186. The lowest BCUT2D eigenvalue weighted by atomic mass is 10.4. The minimum atomic E-state index is -0.654. The topological polar surface area (TPSA) is 45.4 Å². The van der Waals surface area contributed by atoms with Crippen molar-refractivity contribution >= 4 is 22.6 Å². The molecule has 11 heavy (non-hydrogen) atoms. The molecule has 0 saturated heterocycles. The largest absolute Gasteiger partial charge is 0.394 e. The summed E-state index contributed by atoms with van der Waals surface area (Å²) in [5, 5.41) is 17.6. The first kappa shape index (κ1) is 9.02. The molecule has 0 fully saturated rings. The fourth-order valence-corrected chi connectivity index (χ4v) is 1.34. The van der Waals surface area contributed by atoms with Crippen molar-refractivity contribution in [2.24, 2.45) is 0 Å². The van der Waals surface area contributed by atoms with Crippen LogP contribution in [0.2, 0.25) is 0 Å². The van der Waals surface area contributed by atoms with Crippen molar-refractivity contribution in [1.82, 2.24) is 4.57 Å². The van der Waals surface area contributed by atoms with Gasteiger partial charge in [-0.3, -0.25) is 0 Å². The Morgan fingerprint density at radius 3 is 2.82 bits per heavy atom. The molecule has 0 spiro atoms. The molecule has 0 amide bonds. The molecule has 3 nitrogen and oxygen atoms in total. The first-order chi connectivity index (χ1) is 5.22. The average molecular weight is 267 g/mol. The maximum atomic E-state index is 9.05. The van der Waals surface area contributed by atoms with Gasteiger partial charge in [-0.2, -0.15) is 0 Å². The van der Waals surface area contributed by atoms with Crippen molar-refractivity contribution in [3.8, 4) is 0 Å². The van der Waals surface area contributed by atoms with E-state index in [0.717, 1.165) is 3.57 Å². The Morgan fingerprint density at radius 1 is 1.64 bits per heavy atom. The van der Waals surface area contributed by atoms with E-state index in [1.807, 2.05) is 23.0 Å². The molecule has 62 valence electrons. The first-order valence-electron chi connectivity index (χ1n) is 3.32. The summed E-state index contributed by atoms with van der Waals surface area (Å²) in [5.74, 6) is 0. The smallest absolute Gasteiger partial charge is 0.0949 e. The van der Waals surface area contributed by atoms with E-state index in [1.54, 1.807) is 0 Å². The highest BCUT2D eigenvalue weighted by atomic mass is 127. The Morgan fingerprint density at radius 2 is 2.36 bits per heavy atom. The quantitative estimate of drug-likeness (QED) is 0.781. The van der Waals surface area contributed by atoms with Crippen LogP contribution in [-0.2, 0) is 6.54 Å². The van der Waals surface area contributed by atoms with Crippen molar-refractivity contribution in [1.29, 1.82) is 0 Å². The van der Waals surface area contributed by atoms with Crippen LogP contribution >= 0.6 is 22.6 Å². The van der Waals surface area contributed by atoms with Crippen molar-refractivity contribution in [3.05, 3.63) is 22.0 Å². The standard InChI is InChI=1S/C7H10INO2/c8-6-1-2-9(3-6)4-7(11)5-10/h1-3,7,10-11H,4-5H2. The van der Waals surface area contributed by atoms with Gasteiger partial charge in [0.1, 0.15) is 0 Å². The molecular weight excluding hydrogens is 257 g/mol. The van der Waals surface area contributed by atoms with Crippen LogP contribution in [0.4, 0.5) is 0 Å². The normalized spacial score (nSPS) is 13.4. The van der Waals surface area contributed by atoms with E-state index < -0.39 is 6.10 Å². The van der Waals surface area contributed by atoms with Crippen molar-refractivity contribution < 1.29 is 10.2 Å². The monoisotopic (exact) mass is 267 g/mol. The molecule has 1 unspecified atom stereocenters. The number of aromatic nitrogens is 1. The molecular formula is C7H10INO2. The molecule has 0 aliphatic heterocycles. The van der Waals surface area contributed by atoms with Crippen LogP contribution in [0.1, 0.15) is 0 Å². The van der Waals surface area contributed by atoms with Gasteiger partial charge in [0.15, 0.2) is 0 Å². The van der Waals surface area contributed by atoms with Gasteiger partial charge in [0.05, 0.1) is 19.3 Å². The number of aliphatic hydroxyl groups excluding tert-OH is 2. The van der Waals surface area contributed by atoms with Crippen molar-refractivity contribution in [2.75, 3.05) is 6.61 Å². The third-order valence-corrected chi connectivity index (χ3v) is 1.98. The summed E-state index contributed by atoms with van der Waals surface area (Å²) in [4.78, 5) is 0. The highest BCUT2D eigenvalue weighted by Gasteiger charge is 2.01. The summed E-state index contributed by atoms with van der Waals surface area (Å²) < 4.78 is 2.98. The van der Waals surface area contributed by atoms with E-state index in [2.05, 4.69) is 22.6 Å². The summed E-state index contributed by atoms with van der Waals surface area (Å²) in [6, 6.07) is 1.95. The number of hydrogen-bond acceptors (Lipinski definition) is 2. The zero-order valence-electron chi connectivity index (χ0n) is 5.94. The highest BCUT2D eigenvalue weighted by molar-refractivity contribution is 14.1. The molecule has 1 heterocycles. The maximum absolute atomic E-state index is 9.05. The predicted octanol–water partition coefficient (Wildman–Crippen LogP) is 0.446. The molecule has 0 bridgehead atoms. The van der Waals surface area contributed by atoms with E-state index in [9.17, 15) is 0 Å². The number of halogens is 1. The number of aliphatic hydroxyl groups is 2. The first-order valence-corrected chi connectivity index (χ1v) is 4.40. The number of hydrogen-bond donors (Lipinski definition) is 2. The number of rotatable bonds is 3. The molecule has 1 atom stereocenters. The third kappa shape index (κ3) is 2.80. The molecule has 1 aromatic heterocycles. The molecule has 1 rings (SSSR count). The van der Waals surface area contributed by atoms with Crippen molar-refractivity contribution in [2.45, 2.75) is 12.6 Å². The van der Waals surface area contributed by atoms with Gasteiger partial charge in [-0.1, -0.05) is 0 Å². The van der Waals surface area contributed by atoms with Gasteiger partial charge in [0.2, 0.25) is 0 Å². The molecule has 0 saturated carbocycles. The van der Waals surface area contributed by atoms with Crippen LogP contribution in [-0.4, -0.2) is 27.5 Å². The lowest BCUT2D eigenvalue weighted by molar-refractivity contribution is 0.0813. The lowest BCUT2D eigenvalue weighted by Crippen LogP contribution is -2.18. The van der Waals surface area contributed by atoms with Crippen LogP contribution < -0.4 is 0 Å². The van der Waals surface area contributed by atoms with Gasteiger partial charge < -0.3 is 14.8 Å². The van der Waals surface area contributed by atoms with Gasteiger partial charge in [0.25, 0.3) is 0 Å². The third-order valence-electron chi connectivity index (χ3n) is 1.35. The van der Waals surface area contributed by atoms with Gasteiger partial charge in [-0.15, -0.1) is 0 Å². The van der Waals surface area contributed by atoms with E-state index in [4.69, 9.17) is 10.2 Å². The minimum Gasteiger partial charge on any atom is -0.394 e. The zero-order valence-corrected chi connectivity index (χ0v) is 8.10. The number of nitrogens with zero attached hydrogens (tertiary/aromatic N) is 1.